The first-order chi connectivity index (χ1) is 15.1. The molecule has 1 fully saturated rings. The van der Waals surface area contributed by atoms with E-state index < -0.39 is 0 Å². The number of nitrogen functional groups attached to an aromatic ring is 1. The van der Waals surface area contributed by atoms with Gasteiger partial charge in [0.2, 0.25) is 5.91 Å². The quantitative estimate of drug-likeness (QED) is 0.445. The molecule has 6 nitrogen and oxygen atoms in total. The maximum atomic E-state index is 12.8. The number of benzene rings is 2. The zero-order valence-corrected chi connectivity index (χ0v) is 17.2. The van der Waals surface area contributed by atoms with E-state index in [9.17, 15) is 9.59 Å². The third-order valence-electron chi connectivity index (χ3n) is 5.58. The molecule has 2 aromatic carbocycles. The number of nitrogens with zero attached hydrogens (tertiary/aromatic N) is 2. The fraction of sp³-hybridized carbons (Fsp3) is 0.240. The van der Waals surface area contributed by atoms with Crippen LogP contribution in [-0.4, -0.2) is 29.8 Å². The zero-order valence-electron chi connectivity index (χ0n) is 17.2. The number of aryl methyl sites for hydroxylation is 1. The van der Waals surface area contributed by atoms with E-state index in [0.717, 1.165) is 17.7 Å². The molecule has 1 aliphatic rings. The van der Waals surface area contributed by atoms with Gasteiger partial charge >= 0.3 is 0 Å². The standard InChI is InChI=1S/C25H25N3O3/c26-23-6-2-1-4-18(23)9-12-24(29)19-7-10-21(11-8-19)28-15-13-20(25(28)30)17-31-22-5-3-14-27-16-22/h1-8,10-11,14,16,20H,9,12-13,15,17,26H2. The fourth-order valence-corrected chi connectivity index (χ4v) is 3.76. The summed E-state index contributed by atoms with van der Waals surface area (Å²) in [5.74, 6) is 0.583. The molecule has 0 radical (unpaired) electrons. The Morgan fingerprint density at radius 3 is 2.65 bits per heavy atom. The average Bonchev–Trinajstić information content (AvgIpc) is 3.18. The molecule has 3 aromatic rings. The molecule has 0 bridgehead atoms. The van der Waals surface area contributed by atoms with Crippen LogP contribution >= 0.6 is 0 Å². The number of pyridine rings is 1. The predicted molar refractivity (Wildman–Crippen MR) is 120 cm³/mol. The predicted octanol–water partition coefficient (Wildman–Crippen LogP) is 3.91. The number of rotatable bonds is 8. The largest absolute Gasteiger partial charge is 0.491 e. The van der Waals surface area contributed by atoms with Crippen molar-refractivity contribution in [2.75, 3.05) is 23.8 Å². The molecular formula is C25H25N3O3. The van der Waals surface area contributed by atoms with Gasteiger partial charge in [0.1, 0.15) is 5.75 Å². The molecule has 2 heterocycles. The number of para-hydroxylation sites is 1. The Balaban J connectivity index is 1.33. The Morgan fingerprint density at radius 2 is 1.90 bits per heavy atom. The Hall–Kier alpha value is -3.67. The summed E-state index contributed by atoms with van der Waals surface area (Å²) in [6.07, 6.45) is 5.05. The third kappa shape index (κ3) is 4.91. The lowest BCUT2D eigenvalue weighted by Gasteiger charge is -2.17. The minimum Gasteiger partial charge on any atom is -0.491 e. The molecule has 1 aromatic heterocycles. The van der Waals surface area contributed by atoms with Gasteiger partial charge in [0.15, 0.2) is 5.78 Å². The number of anilines is 2. The fourth-order valence-electron chi connectivity index (χ4n) is 3.76. The number of Topliss-reactive ketones (excluding diaryl/α,β-unsaturated/α-hetero) is 1. The number of hydrogen-bond acceptors (Lipinski definition) is 5. The van der Waals surface area contributed by atoms with Gasteiger partial charge in [-0.05, 0) is 60.9 Å². The summed E-state index contributed by atoms with van der Waals surface area (Å²) in [7, 11) is 0. The van der Waals surface area contributed by atoms with E-state index in [1.165, 1.54) is 0 Å². The van der Waals surface area contributed by atoms with E-state index in [4.69, 9.17) is 10.5 Å². The molecule has 0 saturated carbocycles. The summed E-state index contributed by atoms with van der Waals surface area (Å²) >= 11 is 0. The van der Waals surface area contributed by atoms with E-state index in [2.05, 4.69) is 4.98 Å². The number of carbonyl (C=O) groups is 2. The van der Waals surface area contributed by atoms with Crippen LogP contribution in [0.5, 0.6) is 5.75 Å². The molecule has 0 aliphatic carbocycles. The molecule has 158 valence electrons. The van der Waals surface area contributed by atoms with Crippen LogP contribution in [0.4, 0.5) is 11.4 Å². The van der Waals surface area contributed by atoms with Gasteiger partial charge in [-0.3, -0.25) is 14.6 Å². The molecule has 2 N–H and O–H groups in total. The first-order valence-corrected chi connectivity index (χ1v) is 10.4. The number of nitrogens with two attached hydrogens (primary N) is 1. The molecular weight excluding hydrogens is 390 g/mol. The molecule has 6 heteroatoms. The summed E-state index contributed by atoms with van der Waals surface area (Å²) in [5.41, 5.74) is 9.09. The SMILES string of the molecule is Nc1ccccc1CCC(=O)c1ccc(N2CCC(COc3cccnc3)C2=O)cc1. The van der Waals surface area contributed by atoms with Crippen molar-refractivity contribution >= 4 is 23.1 Å². The highest BCUT2D eigenvalue weighted by atomic mass is 16.5. The van der Waals surface area contributed by atoms with E-state index in [1.54, 1.807) is 35.5 Å². The van der Waals surface area contributed by atoms with Crippen LogP contribution < -0.4 is 15.4 Å². The van der Waals surface area contributed by atoms with Crippen LogP contribution in [-0.2, 0) is 11.2 Å². The van der Waals surface area contributed by atoms with Crippen LogP contribution in [0.15, 0.2) is 73.1 Å². The summed E-state index contributed by atoms with van der Waals surface area (Å²) in [6, 6.07) is 18.5. The molecule has 1 unspecified atom stereocenters. The Bertz CT molecular complexity index is 1050. The van der Waals surface area contributed by atoms with Crippen LogP contribution in [0.2, 0.25) is 0 Å². The Kier molecular flexibility index (Phi) is 6.26. The second kappa shape index (κ2) is 9.43. The lowest BCUT2D eigenvalue weighted by Crippen LogP contribution is -2.29. The molecule has 1 atom stereocenters. The van der Waals surface area contributed by atoms with Crippen LogP contribution in [0, 0.1) is 5.92 Å². The van der Waals surface area contributed by atoms with Crippen LogP contribution in [0.25, 0.3) is 0 Å². The topological polar surface area (TPSA) is 85.5 Å². The first-order valence-electron chi connectivity index (χ1n) is 10.4. The second-order valence-electron chi connectivity index (χ2n) is 7.64. The van der Waals surface area contributed by atoms with Gasteiger partial charge in [0.25, 0.3) is 0 Å². The van der Waals surface area contributed by atoms with E-state index in [1.807, 2.05) is 42.5 Å². The number of aromatic nitrogens is 1. The van der Waals surface area contributed by atoms with E-state index in [-0.39, 0.29) is 17.6 Å². The lowest BCUT2D eigenvalue weighted by molar-refractivity contribution is -0.121. The van der Waals surface area contributed by atoms with Crippen molar-refractivity contribution in [3.63, 3.8) is 0 Å². The van der Waals surface area contributed by atoms with Gasteiger partial charge in [0, 0.05) is 36.1 Å². The van der Waals surface area contributed by atoms with Gasteiger partial charge in [-0.2, -0.15) is 0 Å². The van der Waals surface area contributed by atoms with E-state index in [0.29, 0.717) is 43.0 Å². The van der Waals surface area contributed by atoms with Crippen molar-refractivity contribution in [2.24, 2.45) is 5.92 Å². The van der Waals surface area contributed by atoms with Crippen molar-refractivity contribution < 1.29 is 14.3 Å². The monoisotopic (exact) mass is 415 g/mol. The molecule has 1 aliphatic heterocycles. The van der Waals surface area contributed by atoms with Crippen LogP contribution in [0.1, 0.15) is 28.8 Å². The number of carbonyl (C=O) groups excluding carboxylic acids is 2. The third-order valence-corrected chi connectivity index (χ3v) is 5.58. The van der Waals surface area contributed by atoms with Gasteiger partial charge in [0.05, 0.1) is 18.7 Å². The maximum absolute atomic E-state index is 12.8. The molecule has 4 rings (SSSR count). The Morgan fingerprint density at radius 1 is 1.10 bits per heavy atom. The van der Waals surface area contributed by atoms with Gasteiger partial charge in [-0.25, -0.2) is 0 Å². The van der Waals surface area contributed by atoms with Crippen molar-refractivity contribution in [3.8, 4) is 5.75 Å². The Labute approximate surface area is 181 Å². The van der Waals surface area contributed by atoms with Crippen molar-refractivity contribution in [3.05, 3.63) is 84.2 Å². The number of hydrogen-bond donors (Lipinski definition) is 1. The number of ketones is 1. The second-order valence-corrected chi connectivity index (χ2v) is 7.64. The van der Waals surface area contributed by atoms with Crippen molar-refractivity contribution in [1.82, 2.24) is 4.98 Å². The number of ether oxygens (including phenoxy) is 1. The van der Waals surface area contributed by atoms with Crippen LogP contribution in [0.3, 0.4) is 0 Å². The molecule has 0 spiro atoms. The summed E-state index contributed by atoms with van der Waals surface area (Å²) in [4.78, 5) is 31.1. The normalized spacial score (nSPS) is 15.8. The van der Waals surface area contributed by atoms with Crippen molar-refractivity contribution in [2.45, 2.75) is 19.3 Å². The van der Waals surface area contributed by atoms with Crippen molar-refractivity contribution in [1.29, 1.82) is 0 Å². The van der Waals surface area contributed by atoms with Gasteiger partial charge in [-0.15, -0.1) is 0 Å². The maximum Gasteiger partial charge on any atom is 0.233 e. The summed E-state index contributed by atoms with van der Waals surface area (Å²) in [5, 5.41) is 0. The molecule has 1 saturated heterocycles. The average molecular weight is 415 g/mol. The van der Waals surface area contributed by atoms with Gasteiger partial charge in [-0.1, -0.05) is 18.2 Å². The zero-order chi connectivity index (χ0) is 21.6. The lowest BCUT2D eigenvalue weighted by atomic mass is 10.0. The highest BCUT2D eigenvalue weighted by molar-refractivity contribution is 5.99. The molecule has 1 amide bonds. The van der Waals surface area contributed by atoms with E-state index >= 15 is 0 Å². The van der Waals surface area contributed by atoms with Gasteiger partial charge < -0.3 is 15.4 Å². The number of amides is 1. The summed E-state index contributed by atoms with van der Waals surface area (Å²) < 4.78 is 5.70. The highest BCUT2D eigenvalue weighted by Gasteiger charge is 2.33. The molecule has 31 heavy (non-hydrogen) atoms. The smallest absolute Gasteiger partial charge is 0.233 e. The first kappa shape index (κ1) is 20.6. The highest BCUT2D eigenvalue weighted by Crippen LogP contribution is 2.26. The minimum absolute atomic E-state index is 0.0440. The summed E-state index contributed by atoms with van der Waals surface area (Å²) in [6.45, 7) is 0.973. The minimum atomic E-state index is -0.183.